The SMILES string of the molecule is C=C(c1ccc(N(C)c2ccc(CC)cc2)cc1)c1cc(C)cc(C(=N)N)c1.CC.CCC.Cc1ccc(F)c(F)c1. The molecule has 0 atom stereocenters. The molecule has 224 valence electrons. The quantitative estimate of drug-likeness (QED) is 0.179. The number of amidine groups is 1. The monoisotopic (exact) mass is 571 g/mol. The lowest BCUT2D eigenvalue weighted by atomic mass is 9.95. The summed E-state index contributed by atoms with van der Waals surface area (Å²) in [6.45, 7) is 18.4. The number of hydrogen-bond acceptors (Lipinski definition) is 2. The molecule has 0 amide bonds. The number of benzene rings is 4. The number of anilines is 2. The number of halogens is 2. The molecule has 0 aliphatic rings. The molecule has 0 aliphatic heterocycles. The van der Waals surface area contributed by atoms with Crippen molar-refractivity contribution in [1.82, 2.24) is 0 Å². The third-order valence-corrected chi connectivity index (χ3v) is 6.15. The molecule has 3 nitrogen and oxygen atoms in total. The van der Waals surface area contributed by atoms with Crippen molar-refractivity contribution in [1.29, 1.82) is 5.41 Å². The Kier molecular flexibility index (Phi) is 15.5. The van der Waals surface area contributed by atoms with E-state index in [0.29, 0.717) is 0 Å². The summed E-state index contributed by atoms with van der Waals surface area (Å²) in [5.74, 6) is -1.50. The van der Waals surface area contributed by atoms with Crippen molar-refractivity contribution in [2.75, 3.05) is 11.9 Å². The van der Waals surface area contributed by atoms with Gasteiger partial charge in [0.05, 0.1) is 0 Å². The highest BCUT2D eigenvalue weighted by atomic mass is 19.2. The predicted molar refractivity (Wildman–Crippen MR) is 179 cm³/mol. The molecule has 0 bridgehead atoms. The van der Waals surface area contributed by atoms with Crippen LogP contribution in [-0.4, -0.2) is 12.9 Å². The van der Waals surface area contributed by atoms with Crippen LogP contribution in [0, 0.1) is 30.9 Å². The molecule has 0 aliphatic carbocycles. The van der Waals surface area contributed by atoms with Gasteiger partial charge in [-0.2, -0.15) is 0 Å². The normalized spacial score (nSPS) is 9.67. The van der Waals surface area contributed by atoms with Crippen LogP contribution in [0.25, 0.3) is 5.57 Å². The average molecular weight is 572 g/mol. The van der Waals surface area contributed by atoms with Crippen molar-refractivity contribution in [2.45, 2.75) is 61.3 Å². The maximum Gasteiger partial charge on any atom is 0.159 e. The summed E-state index contributed by atoms with van der Waals surface area (Å²) < 4.78 is 24.3. The first-order chi connectivity index (χ1) is 20.0. The summed E-state index contributed by atoms with van der Waals surface area (Å²) in [7, 11) is 2.07. The Morgan fingerprint density at radius 2 is 1.21 bits per heavy atom. The van der Waals surface area contributed by atoms with Crippen molar-refractivity contribution >= 4 is 22.8 Å². The van der Waals surface area contributed by atoms with E-state index < -0.39 is 11.6 Å². The van der Waals surface area contributed by atoms with E-state index in [0.717, 1.165) is 63.3 Å². The van der Waals surface area contributed by atoms with Crippen LogP contribution in [0.15, 0.2) is 91.5 Å². The highest BCUT2D eigenvalue weighted by Gasteiger charge is 2.09. The Bertz CT molecular complexity index is 1410. The molecule has 3 N–H and O–H groups in total. The van der Waals surface area contributed by atoms with Gasteiger partial charge >= 0.3 is 0 Å². The summed E-state index contributed by atoms with van der Waals surface area (Å²) in [5, 5.41) is 7.70. The third kappa shape index (κ3) is 11.0. The second-order valence-electron chi connectivity index (χ2n) is 9.73. The first kappa shape index (κ1) is 35.8. The van der Waals surface area contributed by atoms with Gasteiger partial charge < -0.3 is 10.6 Å². The van der Waals surface area contributed by atoms with Crippen LogP contribution in [0.2, 0.25) is 0 Å². The topological polar surface area (TPSA) is 53.1 Å². The molecule has 0 saturated carbocycles. The second-order valence-corrected chi connectivity index (χ2v) is 9.73. The van der Waals surface area contributed by atoms with Crippen molar-refractivity contribution in [2.24, 2.45) is 5.73 Å². The Morgan fingerprint density at radius 3 is 1.67 bits per heavy atom. The van der Waals surface area contributed by atoms with Gasteiger partial charge in [0.15, 0.2) is 11.6 Å². The standard InChI is InChI=1S/C25H27N3.C7H6F2.C3H8.C2H6/c1-5-19-6-10-23(11-7-19)28(4)24-12-8-20(9-13-24)18(3)21-14-17(2)15-22(16-21)25(26)27;1-5-2-3-6(8)7(9)4-5;1-3-2;1-2/h6-16H,3,5H2,1-2,4H3,(H3,26,27);2-4H,1H3;3H2,1-2H3;1-2H3. The molecule has 0 spiro atoms. The lowest BCUT2D eigenvalue weighted by Gasteiger charge is -2.20. The Morgan fingerprint density at radius 1 is 0.714 bits per heavy atom. The molecular formula is C37H47F2N3. The number of nitrogen functional groups attached to an aromatic ring is 1. The predicted octanol–water partition coefficient (Wildman–Crippen LogP) is 10.4. The Balaban J connectivity index is 0.000000523. The van der Waals surface area contributed by atoms with E-state index >= 15 is 0 Å². The Hall–Kier alpha value is -4.25. The van der Waals surface area contributed by atoms with E-state index in [9.17, 15) is 8.78 Å². The summed E-state index contributed by atoms with van der Waals surface area (Å²) in [4.78, 5) is 2.17. The van der Waals surface area contributed by atoms with Gasteiger partial charge in [-0.1, -0.05) is 84.0 Å². The smallest absolute Gasteiger partial charge is 0.159 e. The summed E-state index contributed by atoms with van der Waals surface area (Å²) in [6, 6.07) is 26.8. The molecule has 42 heavy (non-hydrogen) atoms. The largest absolute Gasteiger partial charge is 0.384 e. The molecule has 0 aromatic heterocycles. The van der Waals surface area contributed by atoms with E-state index in [4.69, 9.17) is 11.1 Å². The molecule has 4 aromatic carbocycles. The molecule has 4 aromatic rings. The van der Waals surface area contributed by atoms with E-state index in [1.807, 2.05) is 32.9 Å². The van der Waals surface area contributed by atoms with Gasteiger partial charge in [0.1, 0.15) is 5.84 Å². The lowest BCUT2D eigenvalue weighted by Crippen LogP contribution is -2.11. The zero-order chi connectivity index (χ0) is 31.8. The van der Waals surface area contributed by atoms with Crippen LogP contribution >= 0.6 is 0 Å². The highest BCUT2D eigenvalue weighted by Crippen LogP contribution is 2.28. The van der Waals surface area contributed by atoms with Gasteiger partial charge in [-0.3, -0.25) is 5.41 Å². The minimum Gasteiger partial charge on any atom is -0.384 e. The van der Waals surface area contributed by atoms with Gasteiger partial charge in [-0.05, 0) is 102 Å². The molecule has 5 heteroatoms. The van der Waals surface area contributed by atoms with E-state index in [1.54, 1.807) is 6.92 Å². The number of hydrogen-bond donors (Lipinski definition) is 2. The zero-order valence-corrected chi connectivity index (χ0v) is 26.5. The fourth-order valence-corrected chi connectivity index (χ4v) is 3.87. The summed E-state index contributed by atoms with van der Waals surface area (Å²) in [6.07, 6.45) is 2.30. The molecule has 0 saturated heterocycles. The van der Waals surface area contributed by atoms with E-state index in [2.05, 4.69) is 93.9 Å². The molecule has 0 fully saturated rings. The van der Waals surface area contributed by atoms with Crippen LogP contribution in [0.5, 0.6) is 0 Å². The third-order valence-electron chi connectivity index (χ3n) is 6.15. The van der Waals surface area contributed by atoms with Crippen molar-refractivity contribution in [3.8, 4) is 0 Å². The fourth-order valence-electron chi connectivity index (χ4n) is 3.87. The lowest BCUT2D eigenvalue weighted by molar-refractivity contribution is 0.508. The van der Waals surface area contributed by atoms with Crippen LogP contribution in [0.1, 0.15) is 74.4 Å². The maximum absolute atomic E-state index is 12.2. The molecule has 4 rings (SSSR count). The first-order valence-electron chi connectivity index (χ1n) is 14.5. The van der Waals surface area contributed by atoms with Crippen LogP contribution < -0.4 is 10.6 Å². The van der Waals surface area contributed by atoms with Gasteiger partial charge in [0.2, 0.25) is 0 Å². The van der Waals surface area contributed by atoms with Gasteiger partial charge in [-0.15, -0.1) is 0 Å². The molecule has 0 unspecified atom stereocenters. The van der Waals surface area contributed by atoms with Crippen molar-refractivity contribution in [3.05, 3.63) is 137 Å². The van der Waals surface area contributed by atoms with Crippen molar-refractivity contribution < 1.29 is 8.78 Å². The van der Waals surface area contributed by atoms with Crippen LogP contribution in [-0.2, 0) is 6.42 Å². The number of nitrogens with zero attached hydrogens (tertiary/aromatic N) is 1. The van der Waals surface area contributed by atoms with E-state index in [-0.39, 0.29) is 5.84 Å². The number of rotatable bonds is 6. The molecule has 0 radical (unpaired) electrons. The minimum atomic E-state index is -0.791. The zero-order valence-electron chi connectivity index (χ0n) is 26.5. The minimum absolute atomic E-state index is 0.0730. The number of nitrogens with two attached hydrogens (primary N) is 1. The second kappa shape index (κ2) is 18.2. The maximum atomic E-state index is 12.2. The summed E-state index contributed by atoms with van der Waals surface area (Å²) >= 11 is 0. The van der Waals surface area contributed by atoms with Crippen LogP contribution in [0.4, 0.5) is 20.2 Å². The van der Waals surface area contributed by atoms with Crippen molar-refractivity contribution in [3.63, 3.8) is 0 Å². The van der Waals surface area contributed by atoms with Gasteiger partial charge in [-0.25, -0.2) is 8.78 Å². The fraction of sp³-hybridized carbons (Fsp3) is 0.270. The average Bonchev–Trinajstić information content (AvgIpc) is 3.00. The van der Waals surface area contributed by atoms with Gasteiger partial charge in [0, 0.05) is 24.0 Å². The highest BCUT2D eigenvalue weighted by molar-refractivity contribution is 5.96. The van der Waals surface area contributed by atoms with Gasteiger partial charge in [0.25, 0.3) is 0 Å². The Labute approximate surface area is 252 Å². The number of aryl methyl sites for hydroxylation is 3. The number of nitrogens with one attached hydrogen (secondary N) is 1. The van der Waals surface area contributed by atoms with E-state index in [1.165, 1.54) is 18.1 Å². The first-order valence-corrected chi connectivity index (χ1v) is 14.5. The van der Waals surface area contributed by atoms with Crippen LogP contribution in [0.3, 0.4) is 0 Å². The molecule has 0 heterocycles. The molecular weight excluding hydrogens is 524 g/mol. The summed E-state index contributed by atoms with van der Waals surface area (Å²) in [5.41, 5.74) is 14.8.